The molecule has 0 aliphatic carbocycles. The molecule has 38 heteroatoms. The van der Waals surface area contributed by atoms with Crippen molar-refractivity contribution < 1.29 is 133 Å². The minimum atomic E-state index is -1.34. The van der Waals surface area contributed by atoms with Crippen LogP contribution in [0.15, 0.2) is 15.3 Å². The Morgan fingerprint density at radius 1 is 0.345 bits per heavy atom. The lowest BCUT2D eigenvalue weighted by molar-refractivity contribution is -0.371. The van der Waals surface area contributed by atoms with Gasteiger partial charge in [-0.05, 0) is 81.9 Å². The first kappa shape index (κ1) is 92.4. The Bertz CT molecular complexity index is 3390. The lowest BCUT2D eigenvalue weighted by atomic mass is 9.85. The third-order valence-corrected chi connectivity index (χ3v) is 23.1. The van der Waals surface area contributed by atoms with Crippen LogP contribution in [-0.4, -0.2) is 276 Å². The molecular weight excluding hydrogens is 1490 g/mol. The van der Waals surface area contributed by atoms with E-state index in [9.17, 15) is 35.8 Å². The van der Waals surface area contributed by atoms with Gasteiger partial charge in [0.2, 0.25) is 6.29 Å². The summed E-state index contributed by atoms with van der Waals surface area (Å²) in [6, 6.07) is -3.65. The fourth-order valence-corrected chi connectivity index (χ4v) is 16.8. The maximum absolute atomic E-state index is 12.7. The van der Waals surface area contributed by atoms with E-state index in [1.807, 2.05) is 55.4 Å². The summed E-state index contributed by atoms with van der Waals surface area (Å²) in [4.78, 5) is 59.4. The van der Waals surface area contributed by atoms with Gasteiger partial charge < -0.3 is 119 Å². The lowest BCUT2D eigenvalue weighted by Gasteiger charge is -2.52. The standard InChI is InChI=1S/C75H118N10O28/c1-24-25-26-27-94-72-53(79-19)33(3)58(49(103-72)28-95-45(15)86)107-69-38(8)62(91-21)65(42(12)100-69)111-74-55(81-84-77)35(5)60(51(105-74)30-97-47(17)88)109-71-40(10)64(93-23)67(44(14)102-71)113-75-56(82-85-78)36(6)61(52(106-75)31-98-48(18)89)110-70-39(9)63(92-22)66(43(13)101-70)112-73-54(80-83-76)34(4)59(50(104-73)29-96-46(16)87)108-68-37(7)57(90-20)32(2)41(11)99-68/h32-44,49-75,79H,28-31H2,1-23H3/t32-,33-,34-,35-,36-,37+,38+,39+,40+,41?,42?,43?,44?,49?,50?,51?,52?,53?,54?,55?,56?,57?,58+,59+,60+,61+,62?,63?,64?,65+,66+,67+,68+,69+,70+,71+,72-,73-,74-,75-/m1/s1. The molecule has 636 valence electrons. The number of ether oxygens (including phenoxy) is 24. The van der Waals surface area contributed by atoms with E-state index in [2.05, 4.69) is 59.3 Å². The Morgan fingerprint density at radius 2 is 0.619 bits per heavy atom. The first-order valence-electron chi connectivity index (χ1n) is 38.7. The van der Waals surface area contributed by atoms with Crippen LogP contribution in [0, 0.1) is 77.1 Å². The third kappa shape index (κ3) is 22.2. The highest BCUT2D eigenvalue weighted by Gasteiger charge is 2.59. The predicted molar refractivity (Wildman–Crippen MR) is 392 cm³/mol. The molecule has 0 aromatic carbocycles. The van der Waals surface area contributed by atoms with Crippen LogP contribution in [0.1, 0.15) is 125 Å². The van der Waals surface area contributed by atoms with Crippen molar-refractivity contribution in [2.45, 2.75) is 315 Å². The highest BCUT2D eigenvalue weighted by Crippen LogP contribution is 2.46. The van der Waals surface area contributed by atoms with Crippen LogP contribution >= 0.6 is 0 Å². The average Bonchev–Trinajstić information content (AvgIpc) is 0.771. The van der Waals surface area contributed by atoms with Crippen molar-refractivity contribution in [2.75, 3.05) is 61.9 Å². The van der Waals surface area contributed by atoms with Gasteiger partial charge in [-0.15, -0.1) is 0 Å². The zero-order valence-corrected chi connectivity index (χ0v) is 68.9. The maximum atomic E-state index is 12.7. The van der Waals surface area contributed by atoms with E-state index in [4.69, 9.17) is 114 Å². The number of carbonyl (C=O) groups excluding carboxylic acids is 4. The zero-order valence-electron chi connectivity index (χ0n) is 68.9. The number of rotatable bonds is 31. The molecule has 8 saturated heterocycles. The van der Waals surface area contributed by atoms with Gasteiger partial charge in [0.1, 0.15) is 75.3 Å². The summed E-state index contributed by atoms with van der Waals surface area (Å²) in [5.74, 6) is 1.15. The number of nitrogens with zero attached hydrogens (tertiary/aromatic N) is 9. The molecule has 0 aromatic rings. The van der Waals surface area contributed by atoms with E-state index in [-0.39, 0.29) is 56.4 Å². The van der Waals surface area contributed by atoms with E-state index >= 15 is 0 Å². The molecule has 8 aliphatic heterocycles. The number of esters is 4. The third-order valence-electron chi connectivity index (χ3n) is 23.1. The summed E-state index contributed by atoms with van der Waals surface area (Å²) in [5, 5.41) is 15.9. The van der Waals surface area contributed by atoms with E-state index in [0.717, 1.165) is 0 Å². The minimum absolute atomic E-state index is 0.0529. The van der Waals surface area contributed by atoms with Crippen molar-refractivity contribution in [2.24, 2.45) is 68.6 Å². The molecule has 113 heavy (non-hydrogen) atoms. The van der Waals surface area contributed by atoms with Crippen LogP contribution in [0.25, 0.3) is 31.3 Å². The van der Waals surface area contributed by atoms with Crippen molar-refractivity contribution in [3.05, 3.63) is 31.3 Å². The smallest absolute Gasteiger partial charge is 0.302 e. The lowest BCUT2D eigenvalue weighted by Crippen LogP contribution is -2.64. The summed E-state index contributed by atoms with van der Waals surface area (Å²) in [5.41, 5.74) is 30.5. The normalized spacial score (nSPS) is 43.8. The average molecular weight is 1610 g/mol. The van der Waals surface area contributed by atoms with Crippen LogP contribution in [0.4, 0.5) is 0 Å². The van der Waals surface area contributed by atoms with Crippen molar-refractivity contribution in [1.82, 2.24) is 5.32 Å². The highest BCUT2D eigenvalue weighted by molar-refractivity contribution is 5.66. The van der Waals surface area contributed by atoms with Gasteiger partial charge in [-0.25, -0.2) is 0 Å². The molecule has 0 bridgehead atoms. The van der Waals surface area contributed by atoms with Crippen molar-refractivity contribution in [1.29, 1.82) is 0 Å². The second kappa shape index (κ2) is 42.9. The highest BCUT2D eigenvalue weighted by atomic mass is 16.8. The maximum Gasteiger partial charge on any atom is 0.302 e. The molecule has 16 unspecified atom stereocenters. The number of hydrogen-bond acceptors (Lipinski definition) is 32. The SMILES string of the molecule is CC#CC#CO[C@@H]1OC(COC(C)=O)[C@@H](O[C@@H]2OC(C)[C@H](O[C@H]3OC(COC(C)=O)[C@@H](O[C@@H]4OC(C)[C@H](O[C@H]5OC(COC(C)=O)[C@@H](O[C@@H]6OC(C)[C@H](O[C@H]7OC(COC(C)=O)[C@@H](O[C@@H]8OC(C)[C@@H](C)C(OC)[C@@H]8C)[C@H](C)C7N=[N+]=[N-])C(OC)[C@@H]6C)[C@H](C)C5N=[N+]=[N-])C(OC)[C@@H]4C)[C@H](C)C3N=[N+]=[N-])C(OC)[C@@H]2C)[C@H](C)C1NC. The van der Waals surface area contributed by atoms with Gasteiger partial charge in [-0.2, -0.15) is 0 Å². The fraction of sp³-hybridized carbons (Fsp3) is 0.893. The number of likely N-dealkylation sites (N-methyl/N-ethyl adjacent to an activating group) is 1. The van der Waals surface area contributed by atoms with Crippen LogP contribution in [0.2, 0.25) is 0 Å². The molecule has 8 aliphatic rings. The number of azide groups is 3. The van der Waals surface area contributed by atoms with Gasteiger partial charge in [-0.3, -0.25) is 19.2 Å². The second-order valence-electron chi connectivity index (χ2n) is 30.6. The fourth-order valence-electron chi connectivity index (χ4n) is 16.8. The topological polar surface area (TPSA) is 448 Å². The number of methoxy groups -OCH3 is 4. The van der Waals surface area contributed by atoms with E-state index in [0.29, 0.717) is 0 Å². The monoisotopic (exact) mass is 1610 g/mol. The Balaban J connectivity index is 0.959. The molecule has 38 nitrogen and oxygen atoms in total. The first-order chi connectivity index (χ1) is 53.8. The van der Waals surface area contributed by atoms with Gasteiger partial charge in [0.25, 0.3) is 0 Å². The van der Waals surface area contributed by atoms with Crippen molar-refractivity contribution >= 4 is 23.9 Å². The van der Waals surface area contributed by atoms with Gasteiger partial charge in [0.15, 0.2) is 44.0 Å². The molecule has 0 saturated carbocycles. The van der Waals surface area contributed by atoms with Gasteiger partial charge in [0, 0.05) is 112 Å². The molecule has 0 amide bonds. The molecule has 0 spiro atoms. The quantitative estimate of drug-likeness (QED) is 0.0179. The summed E-state index contributed by atoms with van der Waals surface area (Å²) >= 11 is 0. The Kier molecular flexibility index (Phi) is 35.1. The Labute approximate surface area is 660 Å². The van der Waals surface area contributed by atoms with Crippen molar-refractivity contribution in [3.63, 3.8) is 0 Å². The van der Waals surface area contributed by atoms with Crippen molar-refractivity contribution in [3.8, 4) is 23.9 Å². The van der Waals surface area contributed by atoms with E-state index < -0.39 is 238 Å². The molecule has 0 radical (unpaired) electrons. The molecule has 8 fully saturated rings. The predicted octanol–water partition coefficient (Wildman–Crippen LogP) is 7.22. The molecular formula is C75H118N10O28. The molecule has 1 N–H and O–H groups in total. The van der Waals surface area contributed by atoms with Crippen LogP contribution < -0.4 is 5.32 Å². The summed E-state index contributed by atoms with van der Waals surface area (Å²) in [7, 11) is 7.90. The minimum Gasteiger partial charge on any atom is -0.463 e. The van der Waals surface area contributed by atoms with Crippen LogP contribution in [0.3, 0.4) is 0 Å². The van der Waals surface area contributed by atoms with E-state index in [1.54, 1.807) is 55.7 Å². The molecule has 0 aromatic heterocycles. The largest absolute Gasteiger partial charge is 0.463 e. The number of carbonyl (C=O) groups is 4. The number of hydrogen-bond donors (Lipinski definition) is 1. The summed E-state index contributed by atoms with van der Waals surface area (Å²) < 4.78 is 153. The second-order valence-corrected chi connectivity index (χ2v) is 30.6. The molecule has 8 rings (SSSR count). The summed E-state index contributed by atoms with van der Waals surface area (Å²) in [6.07, 6.45) is -21.6. The van der Waals surface area contributed by atoms with Gasteiger partial charge in [-0.1, -0.05) is 83.6 Å². The summed E-state index contributed by atoms with van der Waals surface area (Å²) in [6.45, 7) is 29.7. The van der Waals surface area contributed by atoms with E-state index in [1.165, 1.54) is 49.0 Å². The van der Waals surface area contributed by atoms with Gasteiger partial charge >= 0.3 is 23.9 Å². The zero-order chi connectivity index (χ0) is 83.0. The van der Waals surface area contributed by atoms with Gasteiger partial charge in [0.05, 0.1) is 97.4 Å². The molecule has 8 heterocycles. The van der Waals surface area contributed by atoms with Crippen LogP contribution in [-0.2, 0) is 133 Å². The Hall–Kier alpha value is -6.07. The molecule has 40 atom stereocenters. The van der Waals surface area contributed by atoms with Crippen LogP contribution in [0.5, 0.6) is 0 Å². The first-order valence-corrected chi connectivity index (χ1v) is 38.7. The Morgan fingerprint density at radius 3 is 0.894 bits per heavy atom. The number of nitrogens with one attached hydrogen (secondary N) is 1.